The Balaban J connectivity index is 1.67. The molecule has 1 fully saturated rings. The molecule has 4 rings (SSSR count). The van der Waals surface area contributed by atoms with Crippen LogP contribution in [0.5, 0.6) is 11.5 Å². The maximum Gasteiger partial charge on any atom is 0.407 e. The van der Waals surface area contributed by atoms with Crippen molar-refractivity contribution in [3.63, 3.8) is 0 Å². The number of aryl methyl sites for hydroxylation is 1. The number of phenols is 1. The van der Waals surface area contributed by atoms with Crippen LogP contribution in [0.1, 0.15) is 61.5 Å². The van der Waals surface area contributed by atoms with Crippen LogP contribution >= 0.6 is 0 Å². The summed E-state index contributed by atoms with van der Waals surface area (Å²) in [5.41, 5.74) is 3.85. The molecule has 0 saturated carbocycles. The zero-order valence-electron chi connectivity index (χ0n) is 19.5. The molecule has 2 aromatic rings. The van der Waals surface area contributed by atoms with Crippen LogP contribution in [0.2, 0.25) is 0 Å². The highest BCUT2D eigenvalue weighted by molar-refractivity contribution is 5.68. The van der Waals surface area contributed by atoms with Crippen molar-refractivity contribution < 1.29 is 19.4 Å². The van der Waals surface area contributed by atoms with Gasteiger partial charge in [-0.2, -0.15) is 0 Å². The first-order valence-corrected chi connectivity index (χ1v) is 11.2. The number of alkyl carbamates (subject to hydrolysis) is 1. The van der Waals surface area contributed by atoms with E-state index in [0.29, 0.717) is 5.75 Å². The quantitative estimate of drug-likeness (QED) is 0.750. The number of benzene rings is 1. The van der Waals surface area contributed by atoms with E-state index in [1.807, 2.05) is 45.2 Å². The average molecular weight is 440 g/mol. The van der Waals surface area contributed by atoms with Gasteiger partial charge in [0.2, 0.25) is 0 Å². The molecule has 2 aliphatic rings. The molecule has 2 aliphatic heterocycles. The Morgan fingerprint density at radius 2 is 2.06 bits per heavy atom. The number of aromatic hydroxyl groups is 1. The topological polar surface area (TPSA) is 83.9 Å². The smallest absolute Gasteiger partial charge is 0.407 e. The lowest BCUT2D eigenvalue weighted by Gasteiger charge is -2.47. The van der Waals surface area contributed by atoms with Crippen LogP contribution in [0.4, 0.5) is 4.79 Å². The van der Waals surface area contributed by atoms with Crippen LogP contribution in [0.3, 0.4) is 0 Å². The Labute approximate surface area is 189 Å². The first kappa shape index (κ1) is 22.4. The number of aromatic nitrogens is 1. The fraction of sp³-hybridized carbons (Fsp3) is 0.520. The highest BCUT2D eigenvalue weighted by atomic mass is 16.6. The largest absolute Gasteiger partial charge is 0.504 e. The van der Waals surface area contributed by atoms with Crippen molar-refractivity contribution in [2.24, 2.45) is 0 Å². The standard InChI is InChI=1S/C25H33N3O4/c1-15-6-8-26-19(10-15)18-14-28-9-7-16-11-22(29)23(31-5)12-17(16)21(28)13-20(18)27-24(30)32-25(2,3)4/h6,8,10-12,18,20-21,29H,7,9,13-14H2,1-5H3,(H,27,30)/t18-,20+,21+/m0/s1. The van der Waals surface area contributed by atoms with Gasteiger partial charge >= 0.3 is 6.09 Å². The molecule has 7 heteroatoms. The molecular formula is C25H33N3O4. The summed E-state index contributed by atoms with van der Waals surface area (Å²) in [6, 6.07) is 7.84. The summed E-state index contributed by atoms with van der Waals surface area (Å²) in [6.45, 7) is 9.33. The van der Waals surface area contributed by atoms with Crippen molar-refractivity contribution in [2.75, 3.05) is 20.2 Å². The fourth-order valence-electron chi connectivity index (χ4n) is 4.89. The predicted octanol–water partition coefficient (Wildman–Crippen LogP) is 4.08. The number of hydrogen-bond acceptors (Lipinski definition) is 6. The molecule has 0 radical (unpaired) electrons. The highest BCUT2D eigenvalue weighted by Gasteiger charge is 2.41. The molecule has 0 bridgehead atoms. The highest BCUT2D eigenvalue weighted by Crippen LogP contribution is 2.44. The number of nitrogens with one attached hydrogen (secondary N) is 1. The lowest BCUT2D eigenvalue weighted by Crippen LogP contribution is -2.53. The minimum atomic E-state index is -0.565. The minimum Gasteiger partial charge on any atom is -0.504 e. The van der Waals surface area contributed by atoms with Gasteiger partial charge in [0, 0.05) is 43.0 Å². The number of nitrogens with zero attached hydrogens (tertiary/aromatic N) is 2. The number of carbonyl (C=O) groups is 1. The molecule has 0 aliphatic carbocycles. The Hall–Kier alpha value is -2.80. The molecule has 0 unspecified atom stereocenters. The number of pyridine rings is 1. The monoisotopic (exact) mass is 439 g/mol. The van der Waals surface area contributed by atoms with E-state index in [-0.39, 0.29) is 23.8 Å². The van der Waals surface area contributed by atoms with E-state index < -0.39 is 11.7 Å². The molecule has 1 saturated heterocycles. The third kappa shape index (κ3) is 4.67. The van der Waals surface area contributed by atoms with E-state index in [0.717, 1.165) is 48.3 Å². The zero-order valence-corrected chi connectivity index (χ0v) is 19.5. The van der Waals surface area contributed by atoms with E-state index in [9.17, 15) is 9.90 Å². The van der Waals surface area contributed by atoms with Gasteiger partial charge < -0.3 is 19.9 Å². The predicted molar refractivity (Wildman–Crippen MR) is 122 cm³/mol. The summed E-state index contributed by atoms with van der Waals surface area (Å²) in [5.74, 6) is 0.699. The van der Waals surface area contributed by atoms with E-state index in [1.165, 1.54) is 0 Å². The van der Waals surface area contributed by atoms with E-state index in [4.69, 9.17) is 9.47 Å². The van der Waals surface area contributed by atoms with Crippen LogP contribution in [0.25, 0.3) is 0 Å². The summed E-state index contributed by atoms with van der Waals surface area (Å²) in [7, 11) is 1.56. The maximum absolute atomic E-state index is 12.7. The lowest BCUT2D eigenvalue weighted by atomic mass is 9.79. The number of ether oxygens (including phenoxy) is 2. The van der Waals surface area contributed by atoms with Crippen LogP contribution in [0.15, 0.2) is 30.5 Å². The second-order valence-electron chi connectivity index (χ2n) is 9.84. The number of hydrogen-bond donors (Lipinski definition) is 2. The Morgan fingerprint density at radius 1 is 1.28 bits per heavy atom. The number of carbonyl (C=O) groups excluding carboxylic acids is 1. The van der Waals surface area contributed by atoms with Crippen molar-refractivity contribution in [3.8, 4) is 11.5 Å². The van der Waals surface area contributed by atoms with Crippen molar-refractivity contribution in [2.45, 2.75) is 64.1 Å². The van der Waals surface area contributed by atoms with Gasteiger partial charge in [0.1, 0.15) is 5.60 Å². The normalized spacial score (nSPS) is 23.1. The molecular weight excluding hydrogens is 406 g/mol. The first-order chi connectivity index (χ1) is 15.1. The van der Waals surface area contributed by atoms with Crippen LogP contribution in [0, 0.1) is 6.92 Å². The van der Waals surface area contributed by atoms with Crippen molar-refractivity contribution in [1.82, 2.24) is 15.2 Å². The Morgan fingerprint density at radius 3 is 2.75 bits per heavy atom. The summed E-state index contributed by atoms with van der Waals surface area (Å²) in [6.07, 6.45) is 3.01. The molecule has 3 atom stereocenters. The number of methoxy groups -OCH3 is 1. The molecule has 1 aromatic heterocycles. The van der Waals surface area contributed by atoms with Crippen LogP contribution in [-0.4, -0.2) is 52.9 Å². The van der Waals surface area contributed by atoms with Gasteiger partial charge in [-0.3, -0.25) is 9.88 Å². The SMILES string of the molecule is COc1cc2c(cc1O)CCN1C[C@@H](c3cc(C)ccn3)[C@H](NC(=O)OC(C)(C)C)C[C@H]21. The van der Waals surface area contributed by atoms with E-state index in [2.05, 4.69) is 28.2 Å². The zero-order chi connectivity index (χ0) is 23.0. The molecule has 2 N–H and O–H groups in total. The molecule has 32 heavy (non-hydrogen) atoms. The molecule has 172 valence electrons. The molecule has 0 spiro atoms. The van der Waals surface area contributed by atoms with Gasteiger partial charge in [0.05, 0.1) is 7.11 Å². The maximum atomic E-state index is 12.7. The van der Waals surface area contributed by atoms with Gasteiger partial charge in [-0.25, -0.2) is 4.79 Å². The third-order valence-corrected chi connectivity index (χ3v) is 6.32. The van der Waals surface area contributed by atoms with Gasteiger partial charge in [-0.1, -0.05) is 0 Å². The van der Waals surface area contributed by atoms with Crippen LogP contribution in [-0.2, 0) is 11.2 Å². The second kappa shape index (κ2) is 8.62. The molecule has 7 nitrogen and oxygen atoms in total. The lowest BCUT2D eigenvalue weighted by molar-refractivity contribution is 0.0411. The molecule has 1 aromatic carbocycles. The summed E-state index contributed by atoms with van der Waals surface area (Å²) < 4.78 is 10.9. The Kier molecular flexibility index (Phi) is 6.03. The van der Waals surface area contributed by atoms with Crippen molar-refractivity contribution in [1.29, 1.82) is 0 Å². The van der Waals surface area contributed by atoms with Gasteiger partial charge in [-0.15, -0.1) is 0 Å². The number of rotatable bonds is 3. The fourth-order valence-corrected chi connectivity index (χ4v) is 4.89. The molecule has 3 heterocycles. The summed E-state index contributed by atoms with van der Waals surface area (Å²) in [4.78, 5) is 19.8. The second-order valence-corrected chi connectivity index (χ2v) is 9.84. The third-order valence-electron chi connectivity index (χ3n) is 6.32. The van der Waals surface area contributed by atoms with Gasteiger partial charge in [0.15, 0.2) is 11.5 Å². The minimum absolute atomic E-state index is 0.0548. The number of amides is 1. The number of fused-ring (bicyclic) bond motifs is 3. The first-order valence-electron chi connectivity index (χ1n) is 11.2. The van der Waals surface area contributed by atoms with Crippen molar-refractivity contribution in [3.05, 3.63) is 52.8 Å². The summed E-state index contributed by atoms with van der Waals surface area (Å²) in [5, 5.41) is 13.4. The number of piperidine rings is 1. The van der Waals surface area contributed by atoms with Crippen LogP contribution < -0.4 is 10.1 Å². The Bertz CT molecular complexity index is 1000. The van der Waals surface area contributed by atoms with E-state index in [1.54, 1.807) is 7.11 Å². The van der Waals surface area contributed by atoms with Gasteiger partial charge in [-0.05, 0) is 81.5 Å². The summed E-state index contributed by atoms with van der Waals surface area (Å²) >= 11 is 0. The molecule has 1 amide bonds. The van der Waals surface area contributed by atoms with Gasteiger partial charge in [0.25, 0.3) is 0 Å². The number of phenolic OH excluding ortho intramolecular Hbond substituents is 1. The average Bonchev–Trinajstić information content (AvgIpc) is 2.71. The van der Waals surface area contributed by atoms with Crippen molar-refractivity contribution >= 4 is 6.09 Å². The van der Waals surface area contributed by atoms with E-state index >= 15 is 0 Å².